The Morgan fingerprint density at radius 3 is 2.62 bits per heavy atom. The molecule has 148 valence electrons. The number of Topliss-reactive ketones (excluding diaryl/α,β-unsaturated/α-hetero) is 1. The smallest absolute Gasteiger partial charge is 0.160 e. The van der Waals surface area contributed by atoms with Crippen molar-refractivity contribution in [1.82, 2.24) is 9.78 Å². The molecule has 3 aromatic rings. The first-order chi connectivity index (χ1) is 13.9. The summed E-state index contributed by atoms with van der Waals surface area (Å²) in [5, 5.41) is 14.1. The van der Waals surface area contributed by atoms with E-state index in [2.05, 4.69) is 11.2 Å². The molecule has 0 unspecified atom stereocenters. The molecule has 2 aromatic carbocycles. The molecule has 1 aromatic heterocycles. The van der Waals surface area contributed by atoms with Crippen molar-refractivity contribution in [3.8, 4) is 17.5 Å². The van der Waals surface area contributed by atoms with Gasteiger partial charge in [0.2, 0.25) is 0 Å². The molecule has 0 aliphatic heterocycles. The molecule has 0 saturated carbocycles. The van der Waals surface area contributed by atoms with E-state index in [1.54, 1.807) is 23.7 Å². The van der Waals surface area contributed by atoms with Gasteiger partial charge in [-0.1, -0.05) is 30.7 Å². The van der Waals surface area contributed by atoms with Gasteiger partial charge in [-0.15, -0.1) is 0 Å². The number of rotatable bonds is 6. The summed E-state index contributed by atoms with van der Waals surface area (Å²) in [7, 11) is 0. The lowest BCUT2D eigenvalue weighted by Crippen LogP contribution is -2.05. The van der Waals surface area contributed by atoms with E-state index in [4.69, 9.17) is 21.6 Å². The number of carbonyl (C=O) groups is 1. The number of hydrogen-bond acceptors (Lipinski definition) is 4. The summed E-state index contributed by atoms with van der Waals surface area (Å²) in [6, 6.07) is 12.9. The molecule has 0 atom stereocenters. The topological polar surface area (TPSA) is 67.9 Å². The minimum atomic E-state index is 0.0326. The molecule has 1 heterocycles. The van der Waals surface area contributed by atoms with Gasteiger partial charge in [0.1, 0.15) is 18.4 Å². The van der Waals surface area contributed by atoms with Gasteiger partial charge >= 0.3 is 0 Å². The number of hydrogen-bond donors (Lipinski definition) is 0. The van der Waals surface area contributed by atoms with Crippen molar-refractivity contribution >= 4 is 17.4 Å². The van der Waals surface area contributed by atoms with E-state index in [1.165, 1.54) is 0 Å². The highest BCUT2D eigenvalue weighted by Gasteiger charge is 2.16. The molecule has 0 aliphatic rings. The fraction of sp³-hybridized carbons (Fsp3) is 0.261. The van der Waals surface area contributed by atoms with E-state index in [9.17, 15) is 4.79 Å². The predicted octanol–water partition coefficient (Wildman–Crippen LogP) is 5.36. The molecule has 0 N–H and O–H groups in total. The van der Waals surface area contributed by atoms with Gasteiger partial charge in [0.05, 0.1) is 22.0 Å². The van der Waals surface area contributed by atoms with Crippen molar-refractivity contribution < 1.29 is 9.53 Å². The number of carbonyl (C=O) groups excluding carboxylic acids is 1. The summed E-state index contributed by atoms with van der Waals surface area (Å²) in [5.74, 6) is 0.748. The second-order valence-corrected chi connectivity index (χ2v) is 7.23. The van der Waals surface area contributed by atoms with Crippen molar-refractivity contribution in [2.24, 2.45) is 0 Å². The van der Waals surface area contributed by atoms with Crippen LogP contribution in [0, 0.1) is 25.2 Å². The van der Waals surface area contributed by atoms with Gasteiger partial charge in [-0.2, -0.15) is 10.4 Å². The first kappa shape index (κ1) is 20.6. The molecule has 0 radical (unpaired) electrons. The number of ketones is 1. The minimum Gasteiger partial charge on any atom is -0.488 e. The van der Waals surface area contributed by atoms with Gasteiger partial charge in [0.25, 0.3) is 0 Å². The summed E-state index contributed by atoms with van der Waals surface area (Å²) in [5.41, 5.74) is 5.59. The Labute approximate surface area is 175 Å². The van der Waals surface area contributed by atoms with Crippen LogP contribution in [0.15, 0.2) is 36.4 Å². The van der Waals surface area contributed by atoms with E-state index in [0.29, 0.717) is 34.9 Å². The van der Waals surface area contributed by atoms with Gasteiger partial charge in [-0.25, -0.2) is 4.68 Å². The Morgan fingerprint density at radius 2 is 2.00 bits per heavy atom. The van der Waals surface area contributed by atoms with Crippen LogP contribution in [0.4, 0.5) is 0 Å². The molecule has 0 spiro atoms. The van der Waals surface area contributed by atoms with E-state index < -0.39 is 0 Å². The van der Waals surface area contributed by atoms with Gasteiger partial charge in [0.15, 0.2) is 5.78 Å². The van der Waals surface area contributed by atoms with Crippen molar-refractivity contribution in [3.63, 3.8) is 0 Å². The number of aryl methyl sites for hydroxylation is 1. The largest absolute Gasteiger partial charge is 0.488 e. The van der Waals surface area contributed by atoms with Crippen LogP contribution >= 0.6 is 11.6 Å². The molecule has 0 saturated heterocycles. The number of benzene rings is 2. The SMILES string of the molecule is CCc1c(OCc2c(C)nn(-c3ccc(C#N)c(Cl)c3)c2C)cccc1C(C)=O. The molecule has 0 bridgehead atoms. The maximum atomic E-state index is 11.9. The van der Waals surface area contributed by atoms with Gasteiger partial charge < -0.3 is 4.74 Å². The third-order valence-electron chi connectivity index (χ3n) is 5.00. The molecule has 0 amide bonds. The summed E-state index contributed by atoms with van der Waals surface area (Å²) >= 11 is 6.18. The summed E-state index contributed by atoms with van der Waals surface area (Å²) < 4.78 is 7.90. The fourth-order valence-corrected chi connectivity index (χ4v) is 3.62. The number of ether oxygens (including phenoxy) is 1. The molecule has 0 aliphatic carbocycles. The lowest BCUT2D eigenvalue weighted by Gasteiger charge is -2.13. The van der Waals surface area contributed by atoms with E-state index >= 15 is 0 Å². The Bertz CT molecular complexity index is 1130. The average molecular weight is 408 g/mol. The second-order valence-electron chi connectivity index (χ2n) is 6.82. The maximum absolute atomic E-state index is 11.9. The van der Waals surface area contributed by atoms with Gasteiger partial charge in [-0.3, -0.25) is 4.79 Å². The molecular formula is C23H22ClN3O2. The Hall–Kier alpha value is -3.10. The average Bonchev–Trinajstić information content (AvgIpc) is 2.99. The Balaban J connectivity index is 1.91. The highest BCUT2D eigenvalue weighted by molar-refractivity contribution is 6.31. The molecule has 29 heavy (non-hydrogen) atoms. The third-order valence-corrected chi connectivity index (χ3v) is 5.31. The lowest BCUT2D eigenvalue weighted by molar-refractivity contribution is 0.101. The summed E-state index contributed by atoms with van der Waals surface area (Å²) in [4.78, 5) is 11.9. The predicted molar refractivity (Wildman–Crippen MR) is 113 cm³/mol. The maximum Gasteiger partial charge on any atom is 0.160 e. The van der Waals surface area contributed by atoms with Crippen LogP contribution in [0.25, 0.3) is 5.69 Å². The molecule has 5 nitrogen and oxygen atoms in total. The fourth-order valence-electron chi connectivity index (χ4n) is 3.41. The zero-order chi connectivity index (χ0) is 21.1. The van der Waals surface area contributed by atoms with E-state index in [-0.39, 0.29) is 5.78 Å². The van der Waals surface area contributed by atoms with Gasteiger partial charge in [0, 0.05) is 22.4 Å². The lowest BCUT2D eigenvalue weighted by atomic mass is 10.0. The van der Waals surface area contributed by atoms with Crippen molar-refractivity contribution in [1.29, 1.82) is 5.26 Å². The quantitative estimate of drug-likeness (QED) is 0.516. The number of halogens is 1. The first-order valence-electron chi connectivity index (χ1n) is 9.38. The van der Waals surface area contributed by atoms with Crippen LogP contribution in [-0.2, 0) is 13.0 Å². The van der Waals surface area contributed by atoms with Crippen LogP contribution in [0.2, 0.25) is 5.02 Å². The minimum absolute atomic E-state index is 0.0326. The van der Waals surface area contributed by atoms with Crippen molar-refractivity contribution in [2.45, 2.75) is 40.7 Å². The van der Waals surface area contributed by atoms with Crippen LogP contribution < -0.4 is 4.74 Å². The van der Waals surface area contributed by atoms with E-state index in [0.717, 1.165) is 28.2 Å². The van der Waals surface area contributed by atoms with Crippen molar-refractivity contribution in [3.05, 3.63) is 75.1 Å². The summed E-state index contributed by atoms with van der Waals surface area (Å²) in [6.45, 7) is 7.82. The normalized spacial score (nSPS) is 10.6. The molecular weight excluding hydrogens is 386 g/mol. The monoisotopic (exact) mass is 407 g/mol. The van der Waals surface area contributed by atoms with E-state index in [1.807, 2.05) is 45.0 Å². The zero-order valence-corrected chi connectivity index (χ0v) is 17.7. The number of aromatic nitrogens is 2. The third kappa shape index (κ3) is 4.03. The first-order valence-corrected chi connectivity index (χ1v) is 9.75. The van der Waals surface area contributed by atoms with Crippen LogP contribution in [0.1, 0.15) is 52.3 Å². The highest BCUT2D eigenvalue weighted by Crippen LogP contribution is 2.27. The number of nitriles is 1. The van der Waals surface area contributed by atoms with Crippen LogP contribution in [0.3, 0.4) is 0 Å². The Kier molecular flexibility index (Phi) is 6.05. The van der Waals surface area contributed by atoms with Gasteiger partial charge in [-0.05, 0) is 51.5 Å². The standard InChI is InChI=1S/C23H22ClN3O2/c1-5-19-20(16(4)28)7-6-8-23(19)29-13-21-14(2)26-27(15(21)3)18-10-9-17(12-25)22(24)11-18/h6-11H,5,13H2,1-4H3. The van der Waals surface area contributed by atoms with Crippen LogP contribution in [0.5, 0.6) is 5.75 Å². The van der Waals surface area contributed by atoms with Crippen LogP contribution in [-0.4, -0.2) is 15.6 Å². The molecule has 0 fully saturated rings. The zero-order valence-electron chi connectivity index (χ0n) is 16.9. The molecule has 6 heteroatoms. The Morgan fingerprint density at radius 1 is 1.24 bits per heavy atom. The molecule has 3 rings (SSSR count). The number of nitrogens with zero attached hydrogens (tertiary/aromatic N) is 3. The van der Waals surface area contributed by atoms with Crippen molar-refractivity contribution in [2.75, 3.05) is 0 Å². The highest BCUT2D eigenvalue weighted by atomic mass is 35.5. The second kappa shape index (κ2) is 8.50. The summed E-state index contributed by atoms with van der Waals surface area (Å²) in [6.07, 6.45) is 0.714.